The first-order valence-electron chi connectivity index (χ1n) is 6.35. The molecule has 0 N–H and O–H groups in total. The van der Waals surface area contributed by atoms with Crippen LogP contribution in [0.2, 0.25) is 0 Å². The van der Waals surface area contributed by atoms with E-state index in [0.29, 0.717) is 5.92 Å². The van der Waals surface area contributed by atoms with Gasteiger partial charge in [-0.15, -0.1) is 0 Å². The molecule has 2 rings (SSSR count). The smallest absolute Gasteiger partial charge is 0.0303 e. The predicted molar refractivity (Wildman–Crippen MR) is 69.4 cm³/mol. The molecule has 0 saturated heterocycles. The van der Waals surface area contributed by atoms with Gasteiger partial charge in [0.25, 0.3) is 0 Å². The maximum atomic E-state index is 3.47. The van der Waals surface area contributed by atoms with Gasteiger partial charge >= 0.3 is 0 Å². The number of benzene rings is 1. The van der Waals surface area contributed by atoms with Crippen LogP contribution in [0.1, 0.15) is 48.8 Å². The van der Waals surface area contributed by atoms with Gasteiger partial charge in [0.05, 0.1) is 0 Å². The third kappa shape index (κ3) is 2.67. The lowest BCUT2D eigenvalue weighted by Gasteiger charge is -2.15. The van der Waals surface area contributed by atoms with Crippen LogP contribution in [0.4, 0.5) is 0 Å². The van der Waals surface area contributed by atoms with Gasteiger partial charge in [0, 0.05) is 11.5 Å². The molecule has 0 radical (unpaired) electrons. The molecule has 0 bridgehead atoms. The van der Waals surface area contributed by atoms with E-state index in [1.807, 2.05) is 0 Å². The lowest BCUT2D eigenvalue weighted by atomic mass is 9.89. The summed E-state index contributed by atoms with van der Waals surface area (Å²) in [4.78, 5) is 0. The lowest BCUT2D eigenvalue weighted by molar-refractivity contribution is 0.430. The molecule has 1 fully saturated rings. The first-order valence-corrected chi connectivity index (χ1v) is 6.35. The van der Waals surface area contributed by atoms with Crippen LogP contribution in [0.3, 0.4) is 0 Å². The standard InChI is InChI=1S/C16H20/c1-13-7-6-8-14(2)16(13)12-11-15-9-4-3-5-10-15/h6-8,15H,3-5,9-10H2,1-2H3. The van der Waals surface area contributed by atoms with Crippen LogP contribution >= 0.6 is 0 Å². The van der Waals surface area contributed by atoms with E-state index in [4.69, 9.17) is 0 Å². The van der Waals surface area contributed by atoms with Crippen LogP contribution in [-0.2, 0) is 0 Å². The van der Waals surface area contributed by atoms with Crippen molar-refractivity contribution >= 4 is 0 Å². The highest BCUT2D eigenvalue weighted by atomic mass is 14.1. The topological polar surface area (TPSA) is 0 Å². The summed E-state index contributed by atoms with van der Waals surface area (Å²) in [6.07, 6.45) is 6.75. The van der Waals surface area contributed by atoms with Crippen molar-refractivity contribution in [3.8, 4) is 11.8 Å². The van der Waals surface area contributed by atoms with Crippen molar-refractivity contribution in [2.24, 2.45) is 5.92 Å². The van der Waals surface area contributed by atoms with E-state index in [-0.39, 0.29) is 0 Å². The summed E-state index contributed by atoms with van der Waals surface area (Å²) in [5.74, 6) is 7.52. The fraction of sp³-hybridized carbons (Fsp3) is 0.500. The maximum Gasteiger partial charge on any atom is 0.0303 e. The molecule has 0 spiro atoms. The van der Waals surface area contributed by atoms with E-state index in [0.717, 1.165) is 0 Å². The highest BCUT2D eigenvalue weighted by Gasteiger charge is 2.10. The van der Waals surface area contributed by atoms with Gasteiger partial charge in [-0.1, -0.05) is 49.3 Å². The number of hydrogen-bond donors (Lipinski definition) is 0. The average molecular weight is 212 g/mol. The molecular weight excluding hydrogens is 192 g/mol. The Labute approximate surface area is 99.1 Å². The summed E-state index contributed by atoms with van der Waals surface area (Å²) >= 11 is 0. The molecule has 1 aliphatic rings. The van der Waals surface area contributed by atoms with Crippen molar-refractivity contribution in [2.75, 3.05) is 0 Å². The Morgan fingerprint density at radius 3 is 2.25 bits per heavy atom. The average Bonchev–Trinajstić information content (AvgIpc) is 2.30. The van der Waals surface area contributed by atoms with Crippen molar-refractivity contribution in [3.63, 3.8) is 0 Å². The van der Waals surface area contributed by atoms with Crippen molar-refractivity contribution in [3.05, 3.63) is 34.9 Å². The lowest BCUT2D eigenvalue weighted by Crippen LogP contribution is -2.03. The molecule has 0 nitrogen and oxygen atoms in total. The zero-order chi connectivity index (χ0) is 11.4. The van der Waals surface area contributed by atoms with Crippen LogP contribution in [0.5, 0.6) is 0 Å². The van der Waals surface area contributed by atoms with E-state index in [1.54, 1.807) is 0 Å². The Bertz CT molecular complexity index is 391. The fourth-order valence-electron chi connectivity index (χ4n) is 2.43. The molecule has 1 aliphatic carbocycles. The molecule has 0 unspecified atom stereocenters. The van der Waals surface area contributed by atoms with Crippen LogP contribution in [0, 0.1) is 31.6 Å². The van der Waals surface area contributed by atoms with Gasteiger partial charge in [0.1, 0.15) is 0 Å². The molecule has 0 aromatic heterocycles. The zero-order valence-electron chi connectivity index (χ0n) is 10.3. The van der Waals surface area contributed by atoms with Gasteiger partial charge in [0.2, 0.25) is 0 Å². The molecule has 0 atom stereocenters. The first kappa shape index (κ1) is 11.3. The second kappa shape index (κ2) is 5.21. The summed E-state index contributed by atoms with van der Waals surface area (Å²) in [6.45, 7) is 4.30. The molecule has 1 saturated carbocycles. The first-order chi connectivity index (χ1) is 7.77. The van der Waals surface area contributed by atoms with E-state index in [1.165, 1.54) is 48.8 Å². The minimum atomic E-state index is 0.646. The van der Waals surface area contributed by atoms with Crippen LogP contribution in [-0.4, -0.2) is 0 Å². The van der Waals surface area contributed by atoms with Gasteiger partial charge in [0.15, 0.2) is 0 Å². The van der Waals surface area contributed by atoms with Gasteiger partial charge < -0.3 is 0 Å². The molecular formula is C16H20. The number of rotatable bonds is 0. The molecule has 1 aromatic carbocycles. The Morgan fingerprint density at radius 2 is 1.62 bits per heavy atom. The molecule has 0 aliphatic heterocycles. The molecule has 1 aromatic rings. The van der Waals surface area contributed by atoms with Crippen molar-refractivity contribution in [2.45, 2.75) is 46.0 Å². The normalized spacial score (nSPS) is 16.6. The number of aryl methyl sites for hydroxylation is 2. The van der Waals surface area contributed by atoms with Crippen molar-refractivity contribution in [1.29, 1.82) is 0 Å². The van der Waals surface area contributed by atoms with Crippen LogP contribution < -0.4 is 0 Å². The van der Waals surface area contributed by atoms with Gasteiger partial charge in [-0.25, -0.2) is 0 Å². The number of hydrogen-bond acceptors (Lipinski definition) is 0. The third-order valence-corrected chi connectivity index (χ3v) is 3.49. The molecule has 0 amide bonds. The predicted octanol–water partition coefficient (Wildman–Crippen LogP) is 4.24. The summed E-state index contributed by atoms with van der Waals surface area (Å²) < 4.78 is 0. The molecule has 84 valence electrons. The van der Waals surface area contributed by atoms with E-state index >= 15 is 0 Å². The van der Waals surface area contributed by atoms with Gasteiger partial charge in [-0.05, 0) is 37.8 Å². The van der Waals surface area contributed by atoms with Crippen molar-refractivity contribution in [1.82, 2.24) is 0 Å². The summed E-state index contributed by atoms with van der Waals surface area (Å²) in [5.41, 5.74) is 3.86. The second-order valence-corrected chi connectivity index (χ2v) is 4.87. The third-order valence-electron chi connectivity index (χ3n) is 3.49. The van der Waals surface area contributed by atoms with E-state index in [9.17, 15) is 0 Å². The monoisotopic (exact) mass is 212 g/mol. The van der Waals surface area contributed by atoms with Crippen LogP contribution in [0.25, 0.3) is 0 Å². The highest BCUT2D eigenvalue weighted by Crippen LogP contribution is 2.23. The molecule has 0 heteroatoms. The minimum Gasteiger partial charge on any atom is -0.0945 e. The largest absolute Gasteiger partial charge is 0.0945 e. The summed E-state index contributed by atoms with van der Waals surface area (Å²) in [5, 5.41) is 0. The fourth-order valence-corrected chi connectivity index (χ4v) is 2.43. The SMILES string of the molecule is Cc1cccc(C)c1C#CC1CCCCC1. The Hall–Kier alpha value is -1.22. The summed E-state index contributed by atoms with van der Waals surface area (Å²) in [7, 11) is 0. The Kier molecular flexibility index (Phi) is 3.67. The van der Waals surface area contributed by atoms with E-state index in [2.05, 4.69) is 43.9 Å². The quantitative estimate of drug-likeness (QED) is 0.564. The highest BCUT2D eigenvalue weighted by molar-refractivity contribution is 5.46. The second-order valence-electron chi connectivity index (χ2n) is 4.87. The maximum absolute atomic E-state index is 3.47. The van der Waals surface area contributed by atoms with E-state index < -0.39 is 0 Å². The Morgan fingerprint density at radius 1 is 1.00 bits per heavy atom. The zero-order valence-corrected chi connectivity index (χ0v) is 10.3. The van der Waals surface area contributed by atoms with Crippen LogP contribution in [0.15, 0.2) is 18.2 Å². The summed E-state index contributed by atoms with van der Waals surface area (Å²) in [6, 6.07) is 6.41. The molecule has 16 heavy (non-hydrogen) atoms. The van der Waals surface area contributed by atoms with Gasteiger partial charge in [-0.2, -0.15) is 0 Å². The van der Waals surface area contributed by atoms with Crippen molar-refractivity contribution < 1.29 is 0 Å². The molecule has 0 heterocycles. The Balaban J connectivity index is 2.16. The minimum absolute atomic E-state index is 0.646. The van der Waals surface area contributed by atoms with Gasteiger partial charge in [-0.3, -0.25) is 0 Å².